The first-order chi connectivity index (χ1) is 11.4. The summed E-state index contributed by atoms with van der Waals surface area (Å²) in [4.78, 5) is 14.0. The molecule has 0 unspecified atom stereocenters. The van der Waals surface area contributed by atoms with Gasteiger partial charge in [-0.25, -0.2) is 17.5 Å². The van der Waals surface area contributed by atoms with Crippen molar-refractivity contribution in [3.63, 3.8) is 0 Å². The van der Waals surface area contributed by atoms with Gasteiger partial charge in [-0.05, 0) is 37.8 Å². The van der Waals surface area contributed by atoms with Gasteiger partial charge >= 0.3 is 0 Å². The van der Waals surface area contributed by atoms with Crippen molar-refractivity contribution in [2.24, 2.45) is 0 Å². The van der Waals surface area contributed by atoms with E-state index in [1.54, 1.807) is 12.1 Å². The zero-order chi connectivity index (χ0) is 17.2. The monoisotopic (exact) mass is 355 g/mol. The van der Waals surface area contributed by atoms with Crippen LogP contribution in [0.4, 0.5) is 10.1 Å². The number of anilines is 1. The van der Waals surface area contributed by atoms with Crippen LogP contribution >= 0.6 is 0 Å². The Bertz CT molecular complexity index is 698. The van der Waals surface area contributed by atoms with Gasteiger partial charge in [0, 0.05) is 19.1 Å². The van der Waals surface area contributed by atoms with Crippen molar-refractivity contribution in [3.8, 4) is 0 Å². The Hall–Kier alpha value is -1.51. The largest absolute Gasteiger partial charge is 0.322 e. The number of carbonyl (C=O) groups excluding carboxylic acids is 1. The Labute approximate surface area is 141 Å². The smallest absolute Gasteiger partial charge is 0.238 e. The molecule has 0 aromatic heterocycles. The topological polar surface area (TPSA) is 78.5 Å². The first-order valence-electron chi connectivity index (χ1n) is 8.22. The second-order valence-corrected chi connectivity index (χ2v) is 8.43. The lowest BCUT2D eigenvalue weighted by Gasteiger charge is -2.31. The summed E-state index contributed by atoms with van der Waals surface area (Å²) in [6, 6.07) is 6.00. The molecule has 1 aliphatic heterocycles. The van der Waals surface area contributed by atoms with Gasteiger partial charge in [0.15, 0.2) is 0 Å². The lowest BCUT2D eigenvalue weighted by Crippen LogP contribution is -2.47. The van der Waals surface area contributed by atoms with E-state index < -0.39 is 15.8 Å². The van der Waals surface area contributed by atoms with Crippen molar-refractivity contribution in [1.29, 1.82) is 0 Å². The highest BCUT2D eigenvalue weighted by Gasteiger charge is 2.37. The molecule has 1 saturated heterocycles. The molecule has 1 aliphatic carbocycles. The molecule has 24 heavy (non-hydrogen) atoms. The van der Waals surface area contributed by atoms with E-state index in [9.17, 15) is 17.6 Å². The Morgan fingerprint density at radius 1 is 1.17 bits per heavy atom. The summed E-state index contributed by atoms with van der Waals surface area (Å²) < 4.78 is 40.2. The summed E-state index contributed by atoms with van der Waals surface area (Å²) >= 11 is 0. The van der Waals surface area contributed by atoms with Crippen LogP contribution in [-0.4, -0.2) is 50.2 Å². The van der Waals surface area contributed by atoms with Crippen LogP contribution in [0.15, 0.2) is 24.3 Å². The van der Waals surface area contributed by atoms with Crippen LogP contribution in [0, 0.1) is 5.82 Å². The fourth-order valence-electron chi connectivity index (χ4n) is 2.87. The van der Waals surface area contributed by atoms with Crippen molar-refractivity contribution in [1.82, 2.24) is 9.62 Å². The molecule has 1 heterocycles. The number of hydrogen-bond donors (Lipinski definition) is 2. The first-order valence-corrected chi connectivity index (χ1v) is 9.76. The fourth-order valence-corrected chi connectivity index (χ4v) is 4.52. The first kappa shape index (κ1) is 17.3. The highest BCUT2D eigenvalue weighted by molar-refractivity contribution is 7.90. The summed E-state index contributed by atoms with van der Waals surface area (Å²) in [5.41, 5.74) is 0.176. The van der Waals surface area contributed by atoms with Gasteiger partial charge in [0.05, 0.1) is 17.5 Å². The summed E-state index contributed by atoms with van der Waals surface area (Å²) in [7, 11) is -3.16. The van der Waals surface area contributed by atoms with Crippen molar-refractivity contribution < 1.29 is 17.6 Å². The van der Waals surface area contributed by atoms with Gasteiger partial charge in [0.25, 0.3) is 0 Å². The minimum atomic E-state index is -3.16. The van der Waals surface area contributed by atoms with E-state index in [2.05, 4.69) is 10.0 Å². The number of hydrogen-bond acceptors (Lipinski definition) is 4. The Kier molecular flexibility index (Phi) is 5.17. The van der Waals surface area contributed by atoms with E-state index in [-0.39, 0.29) is 29.4 Å². The zero-order valence-electron chi connectivity index (χ0n) is 13.4. The molecule has 2 aliphatic rings. The van der Waals surface area contributed by atoms with Crippen LogP contribution < -0.4 is 10.0 Å². The average Bonchev–Trinajstić information content (AvgIpc) is 3.37. The Morgan fingerprint density at radius 3 is 2.46 bits per heavy atom. The summed E-state index contributed by atoms with van der Waals surface area (Å²) in [5.74, 6) is -0.726. The van der Waals surface area contributed by atoms with E-state index in [1.807, 2.05) is 4.90 Å². The molecule has 1 saturated carbocycles. The number of amides is 1. The quantitative estimate of drug-likeness (QED) is 0.806. The van der Waals surface area contributed by atoms with Gasteiger partial charge in [0.1, 0.15) is 5.82 Å². The zero-order valence-corrected chi connectivity index (χ0v) is 14.2. The van der Waals surface area contributed by atoms with Crippen LogP contribution in [0.1, 0.15) is 25.7 Å². The van der Waals surface area contributed by atoms with Gasteiger partial charge in [-0.1, -0.05) is 12.1 Å². The third kappa shape index (κ3) is 4.52. The van der Waals surface area contributed by atoms with E-state index in [0.29, 0.717) is 25.9 Å². The number of piperidine rings is 1. The Balaban J connectivity index is 1.43. The molecule has 1 amide bonds. The Morgan fingerprint density at radius 2 is 1.83 bits per heavy atom. The third-order valence-corrected chi connectivity index (χ3v) is 6.41. The molecule has 6 nitrogen and oxygen atoms in total. The SMILES string of the molecule is O=C(CN1CCC(NS(=O)(=O)C2CC2)CC1)Nc1ccccc1F. The predicted molar refractivity (Wildman–Crippen MR) is 89.6 cm³/mol. The maximum atomic E-state index is 13.5. The molecule has 0 atom stereocenters. The standard InChI is InChI=1S/C16H22FN3O3S/c17-14-3-1-2-4-15(14)18-16(21)11-20-9-7-12(8-10-20)19-24(22,23)13-5-6-13/h1-4,12-13,19H,5-11H2,(H,18,21). The highest BCUT2D eigenvalue weighted by Crippen LogP contribution is 2.28. The lowest BCUT2D eigenvalue weighted by atomic mass is 10.1. The van der Waals surface area contributed by atoms with E-state index in [1.165, 1.54) is 12.1 Å². The van der Waals surface area contributed by atoms with Crippen molar-refractivity contribution >= 4 is 21.6 Å². The number of nitrogens with zero attached hydrogens (tertiary/aromatic N) is 1. The summed E-state index contributed by atoms with van der Waals surface area (Å²) in [6.45, 7) is 1.46. The van der Waals surface area contributed by atoms with Crippen LogP contribution in [-0.2, 0) is 14.8 Å². The van der Waals surface area contributed by atoms with Gasteiger partial charge in [-0.15, -0.1) is 0 Å². The van der Waals surface area contributed by atoms with E-state index in [0.717, 1.165) is 12.8 Å². The number of sulfonamides is 1. The number of likely N-dealkylation sites (tertiary alicyclic amines) is 1. The third-order valence-electron chi connectivity index (χ3n) is 4.40. The number of benzene rings is 1. The fraction of sp³-hybridized carbons (Fsp3) is 0.562. The molecule has 1 aromatic rings. The molecule has 132 valence electrons. The average molecular weight is 355 g/mol. The number of halogens is 1. The summed E-state index contributed by atoms with van der Waals surface area (Å²) in [5, 5.41) is 2.36. The maximum Gasteiger partial charge on any atom is 0.238 e. The van der Waals surface area contributed by atoms with E-state index in [4.69, 9.17) is 0 Å². The second-order valence-electron chi connectivity index (χ2n) is 6.44. The van der Waals surface area contributed by atoms with Crippen molar-refractivity contribution in [3.05, 3.63) is 30.1 Å². The lowest BCUT2D eigenvalue weighted by molar-refractivity contribution is -0.117. The molecular formula is C16H22FN3O3S. The second kappa shape index (κ2) is 7.16. The number of rotatable bonds is 6. The van der Waals surface area contributed by atoms with Gasteiger partial charge < -0.3 is 5.32 Å². The van der Waals surface area contributed by atoms with Crippen LogP contribution in [0.3, 0.4) is 0 Å². The van der Waals surface area contributed by atoms with E-state index >= 15 is 0 Å². The van der Waals surface area contributed by atoms with Crippen LogP contribution in [0.2, 0.25) is 0 Å². The van der Waals surface area contributed by atoms with Gasteiger partial charge in [-0.3, -0.25) is 9.69 Å². The van der Waals surface area contributed by atoms with Crippen molar-refractivity contribution in [2.75, 3.05) is 25.0 Å². The van der Waals surface area contributed by atoms with Gasteiger partial charge in [-0.2, -0.15) is 0 Å². The summed E-state index contributed by atoms with van der Waals surface area (Å²) in [6.07, 6.45) is 2.87. The molecule has 0 radical (unpaired) electrons. The predicted octanol–water partition coefficient (Wildman–Crippen LogP) is 1.31. The normalized spacial score (nSPS) is 20.0. The molecule has 8 heteroatoms. The minimum Gasteiger partial charge on any atom is -0.322 e. The molecular weight excluding hydrogens is 333 g/mol. The number of para-hydroxylation sites is 1. The maximum absolute atomic E-state index is 13.5. The number of nitrogens with one attached hydrogen (secondary N) is 2. The van der Waals surface area contributed by atoms with Crippen LogP contribution in [0.25, 0.3) is 0 Å². The molecule has 0 bridgehead atoms. The highest BCUT2D eigenvalue weighted by atomic mass is 32.2. The molecule has 1 aromatic carbocycles. The van der Waals surface area contributed by atoms with Crippen molar-refractivity contribution in [2.45, 2.75) is 37.0 Å². The molecule has 0 spiro atoms. The number of carbonyl (C=O) groups is 1. The minimum absolute atomic E-state index is 0.0542. The van der Waals surface area contributed by atoms with Crippen LogP contribution in [0.5, 0.6) is 0 Å². The van der Waals surface area contributed by atoms with Gasteiger partial charge in [0.2, 0.25) is 15.9 Å². The molecule has 2 N–H and O–H groups in total. The molecule has 3 rings (SSSR count). The molecule has 2 fully saturated rings.